The second kappa shape index (κ2) is 3.70. The number of aliphatic hydroxyl groups excluding tert-OH is 2. The van der Waals surface area contributed by atoms with E-state index in [4.69, 9.17) is 9.47 Å². The van der Waals surface area contributed by atoms with E-state index in [0.717, 1.165) is 0 Å². The molecule has 1 rings (SSSR count). The van der Waals surface area contributed by atoms with Crippen LogP contribution in [0.25, 0.3) is 0 Å². The molecule has 0 saturated carbocycles. The second-order valence-corrected chi connectivity index (χ2v) is 3.23. The molecule has 0 bridgehead atoms. The number of hydrogen-bond donors (Lipinski definition) is 2. The van der Waals surface area contributed by atoms with Crippen molar-refractivity contribution in [3.63, 3.8) is 0 Å². The van der Waals surface area contributed by atoms with Gasteiger partial charge in [0.15, 0.2) is 0 Å². The van der Waals surface area contributed by atoms with Crippen molar-refractivity contribution >= 4 is 0 Å². The van der Waals surface area contributed by atoms with Gasteiger partial charge < -0.3 is 19.7 Å². The first-order chi connectivity index (χ1) is 5.57. The molecule has 4 heteroatoms. The molecule has 1 aliphatic rings. The van der Waals surface area contributed by atoms with Crippen molar-refractivity contribution in [2.45, 2.75) is 44.4 Å². The van der Waals surface area contributed by atoms with Crippen LogP contribution in [0.2, 0.25) is 0 Å². The highest BCUT2D eigenvalue weighted by Crippen LogP contribution is 2.22. The van der Waals surface area contributed by atoms with Crippen molar-refractivity contribution in [1.29, 1.82) is 0 Å². The molecule has 1 heterocycles. The third kappa shape index (κ3) is 1.61. The van der Waals surface area contributed by atoms with Crippen LogP contribution in [-0.4, -0.2) is 47.8 Å². The first-order valence-corrected chi connectivity index (χ1v) is 4.12. The molecule has 2 N–H and O–H groups in total. The Hall–Kier alpha value is -0.160. The Morgan fingerprint density at radius 2 is 1.50 bits per heavy atom. The lowest BCUT2D eigenvalue weighted by atomic mass is 9.96. The summed E-state index contributed by atoms with van der Waals surface area (Å²) in [6.45, 7) is 3.53. The number of hydrogen-bond acceptors (Lipinski definition) is 4. The average Bonchev–Trinajstić information content (AvgIpc) is 2.02. The van der Waals surface area contributed by atoms with Gasteiger partial charge >= 0.3 is 0 Å². The molecule has 1 fully saturated rings. The van der Waals surface area contributed by atoms with Gasteiger partial charge in [0.05, 0.1) is 12.2 Å². The smallest absolute Gasteiger partial charge is 0.114 e. The van der Waals surface area contributed by atoms with Crippen molar-refractivity contribution in [2.24, 2.45) is 0 Å². The summed E-state index contributed by atoms with van der Waals surface area (Å²) in [4.78, 5) is 0. The molecule has 5 atom stereocenters. The van der Waals surface area contributed by atoms with Crippen LogP contribution in [-0.2, 0) is 9.47 Å². The molecule has 0 aliphatic carbocycles. The van der Waals surface area contributed by atoms with Crippen LogP contribution in [0.1, 0.15) is 13.8 Å². The van der Waals surface area contributed by atoms with Gasteiger partial charge in [-0.3, -0.25) is 0 Å². The van der Waals surface area contributed by atoms with E-state index < -0.39 is 18.3 Å². The molecule has 4 nitrogen and oxygen atoms in total. The van der Waals surface area contributed by atoms with E-state index in [0.29, 0.717) is 0 Å². The highest BCUT2D eigenvalue weighted by molar-refractivity contribution is 4.89. The summed E-state index contributed by atoms with van der Waals surface area (Å²) in [6, 6.07) is 0. The SMILES string of the molecule is COC1C(O)[C@H](C)OC(C)[C@@H]1O. The van der Waals surface area contributed by atoms with E-state index in [1.54, 1.807) is 13.8 Å². The Morgan fingerprint density at radius 3 is 1.83 bits per heavy atom. The van der Waals surface area contributed by atoms with Gasteiger partial charge in [-0.15, -0.1) is 0 Å². The molecule has 1 saturated heterocycles. The average molecular weight is 176 g/mol. The second-order valence-electron chi connectivity index (χ2n) is 3.23. The molecule has 72 valence electrons. The van der Waals surface area contributed by atoms with Crippen LogP contribution < -0.4 is 0 Å². The summed E-state index contributed by atoms with van der Waals surface area (Å²) in [6.07, 6.45) is -2.60. The zero-order valence-electron chi connectivity index (χ0n) is 7.60. The van der Waals surface area contributed by atoms with Gasteiger partial charge in [-0.05, 0) is 13.8 Å². The molecule has 1 aliphatic heterocycles. The molecule has 3 unspecified atom stereocenters. The Labute approximate surface area is 72.1 Å². The largest absolute Gasteiger partial charge is 0.388 e. The number of methoxy groups -OCH3 is 1. The Morgan fingerprint density at radius 1 is 1.08 bits per heavy atom. The fourth-order valence-electron chi connectivity index (χ4n) is 1.51. The van der Waals surface area contributed by atoms with Crippen molar-refractivity contribution in [1.82, 2.24) is 0 Å². The van der Waals surface area contributed by atoms with E-state index in [-0.39, 0.29) is 12.2 Å². The number of ether oxygens (including phenoxy) is 2. The van der Waals surface area contributed by atoms with Crippen molar-refractivity contribution in [2.75, 3.05) is 7.11 Å². The normalized spacial score (nSPS) is 49.2. The van der Waals surface area contributed by atoms with Gasteiger partial charge in [0.25, 0.3) is 0 Å². The monoisotopic (exact) mass is 176 g/mol. The van der Waals surface area contributed by atoms with Gasteiger partial charge in [0.1, 0.15) is 18.3 Å². The summed E-state index contributed by atoms with van der Waals surface area (Å²) < 4.78 is 10.2. The van der Waals surface area contributed by atoms with E-state index in [9.17, 15) is 10.2 Å². The third-order valence-corrected chi connectivity index (χ3v) is 2.34. The zero-order chi connectivity index (χ0) is 9.30. The van der Waals surface area contributed by atoms with Crippen molar-refractivity contribution in [3.8, 4) is 0 Å². The Bertz CT molecular complexity index is 136. The maximum Gasteiger partial charge on any atom is 0.114 e. The summed E-state index contributed by atoms with van der Waals surface area (Å²) in [7, 11) is 1.47. The van der Waals surface area contributed by atoms with Crippen LogP contribution in [0.5, 0.6) is 0 Å². The van der Waals surface area contributed by atoms with Crippen LogP contribution in [0.15, 0.2) is 0 Å². The van der Waals surface area contributed by atoms with Gasteiger partial charge in [0, 0.05) is 7.11 Å². The lowest BCUT2D eigenvalue weighted by Gasteiger charge is -2.39. The van der Waals surface area contributed by atoms with Gasteiger partial charge in [-0.1, -0.05) is 0 Å². The highest BCUT2D eigenvalue weighted by Gasteiger charge is 2.40. The summed E-state index contributed by atoms with van der Waals surface area (Å²) in [5.74, 6) is 0. The number of aliphatic hydroxyl groups is 2. The lowest BCUT2D eigenvalue weighted by molar-refractivity contribution is -0.219. The van der Waals surface area contributed by atoms with Gasteiger partial charge in [-0.2, -0.15) is 0 Å². The number of rotatable bonds is 1. The fraction of sp³-hybridized carbons (Fsp3) is 1.00. The van der Waals surface area contributed by atoms with Gasteiger partial charge in [-0.25, -0.2) is 0 Å². The minimum Gasteiger partial charge on any atom is -0.388 e. The first kappa shape index (κ1) is 9.92. The fourth-order valence-corrected chi connectivity index (χ4v) is 1.51. The molecule has 0 radical (unpaired) electrons. The van der Waals surface area contributed by atoms with Crippen molar-refractivity contribution in [3.05, 3.63) is 0 Å². The topological polar surface area (TPSA) is 58.9 Å². The van der Waals surface area contributed by atoms with Crippen molar-refractivity contribution < 1.29 is 19.7 Å². The van der Waals surface area contributed by atoms with E-state index in [1.807, 2.05) is 0 Å². The molecule has 0 amide bonds. The molecule has 0 aromatic carbocycles. The van der Waals surface area contributed by atoms with E-state index in [2.05, 4.69) is 0 Å². The summed E-state index contributed by atoms with van der Waals surface area (Å²) >= 11 is 0. The van der Waals surface area contributed by atoms with Crippen LogP contribution >= 0.6 is 0 Å². The minimum atomic E-state index is -0.749. The molecular weight excluding hydrogens is 160 g/mol. The Kier molecular flexibility index (Phi) is 3.06. The Balaban J connectivity index is 2.67. The van der Waals surface area contributed by atoms with Gasteiger partial charge in [0.2, 0.25) is 0 Å². The minimum absolute atomic E-state index is 0.284. The molecule has 0 aromatic rings. The molecule has 0 aromatic heterocycles. The molecular formula is C8H16O4. The predicted molar refractivity (Wildman–Crippen MR) is 42.8 cm³/mol. The maximum absolute atomic E-state index is 9.52. The van der Waals surface area contributed by atoms with E-state index in [1.165, 1.54) is 7.11 Å². The third-order valence-electron chi connectivity index (χ3n) is 2.34. The highest BCUT2D eigenvalue weighted by atomic mass is 16.6. The zero-order valence-corrected chi connectivity index (χ0v) is 7.60. The summed E-state index contributed by atoms with van der Waals surface area (Å²) in [5, 5.41) is 19.0. The lowest BCUT2D eigenvalue weighted by Crippen LogP contribution is -2.56. The molecule has 0 spiro atoms. The van der Waals surface area contributed by atoms with Crippen LogP contribution in [0.4, 0.5) is 0 Å². The standard InChI is InChI=1S/C8H16O4/c1-4-6(9)8(11-3)7(10)5(2)12-4/h4-10H,1-3H3/t4-,5?,6?,7-,8?/m0/s1. The maximum atomic E-state index is 9.52. The van der Waals surface area contributed by atoms with E-state index >= 15 is 0 Å². The van der Waals surface area contributed by atoms with Crippen LogP contribution in [0.3, 0.4) is 0 Å². The quantitative estimate of drug-likeness (QED) is 0.567. The van der Waals surface area contributed by atoms with Crippen LogP contribution in [0, 0.1) is 0 Å². The first-order valence-electron chi connectivity index (χ1n) is 4.12. The molecule has 12 heavy (non-hydrogen) atoms. The summed E-state index contributed by atoms with van der Waals surface area (Å²) in [5.41, 5.74) is 0. The predicted octanol–water partition coefficient (Wildman–Crippen LogP) is -0.470.